The predicted octanol–water partition coefficient (Wildman–Crippen LogP) is 22.6. The molecule has 1 atom stereocenters. The summed E-state index contributed by atoms with van der Waals surface area (Å²) in [7, 11) is 0. The summed E-state index contributed by atoms with van der Waals surface area (Å²) in [6.07, 6.45) is 90.0. The zero-order valence-corrected chi connectivity index (χ0v) is 51.2. The molecule has 0 amide bonds. The smallest absolute Gasteiger partial charge is 0.310 e. The van der Waals surface area contributed by atoms with Crippen LogP contribution in [0.25, 0.3) is 0 Å². The third-order valence-electron chi connectivity index (χ3n) is 14.0. The van der Waals surface area contributed by atoms with E-state index in [1.807, 2.05) is 6.08 Å². The van der Waals surface area contributed by atoms with Crippen molar-refractivity contribution in [1.82, 2.24) is 0 Å². The Morgan fingerprint density at radius 1 is 0.282 bits per heavy atom. The van der Waals surface area contributed by atoms with Crippen molar-refractivity contribution in [3.05, 3.63) is 109 Å². The molecule has 0 aromatic rings. The Morgan fingerprint density at radius 3 is 0.859 bits per heavy atom. The molecule has 78 heavy (non-hydrogen) atoms. The van der Waals surface area contributed by atoms with Gasteiger partial charge in [0.05, 0.1) is 6.42 Å². The molecule has 0 heterocycles. The zero-order valence-electron chi connectivity index (χ0n) is 51.2. The van der Waals surface area contributed by atoms with Gasteiger partial charge in [-0.15, -0.1) is 0 Å². The Labute approximate surface area is 482 Å². The lowest BCUT2D eigenvalue weighted by Crippen LogP contribution is -2.30. The molecule has 0 spiro atoms. The van der Waals surface area contributed by atoms with Gasteiger partial charge in [0.2, 0.25) is 0 Å². The summed E-state index contributed by atoms with van der Waals surface area (Å²) >= 11 is 0. The molecular formula is C72H122O6. The topological polar surface area (TPSA) is 78.9 Å². The van der Waals surface area contributed by atoms with Gasteiger partial charge >= 0.3 is 17.9 Å². The van der Waals surface area contributed by atoms with Gasteiger partial charge in [-0.2, -0.15) is 0 Å². The number of hydrogen-bond donors (Lipinski definition) is 0. The third-order valence-corrected chi connectivity index (χ3v) is 14.0. The molecular weight excluding hydrogens is 961 g/mol. The first-order chi connectivity index (χ1) is 38.5. The van der Waals surface area contributed by atoms with Crippen LogP contribution in [-0.2, 0) is 28.6 Å². The number of unbranched alkanes of at least 4 members (excludes halogenated alkanes) is 31. The van der Waals surface area contributed by atoms with E-state index in [4.69, 9.17) is 14.2 Å². The van der Waals surface area contributed by atoms with Gasteiger partial charge in [0.25, 0.3) is 0 Å². The zero-order chi connectivity index (χ0) is 56.4. The maximum atomic E-state index is 12.8. The second-order valence-electron chi connectivity index (χ2n) is 21.7. The van der Waals surface area contributed by atoms with Crippen molar-refractivity contribution in [2.45, 2.75) is 316 Å². The van der Waals surface area contributed by atoms with E-state index in [9.17, 15) is 14.4 Å². The van der Waals surface area contributed by atoms with Crippen LogP contribution < -0.4 is 0 Å². The standard InChI is InChI=1S/C72H122O6/c1-4-7-10-13-16-19-22-25-28-29-30-31-32-33-34-35-36-37-38-39-40-41-42-43-45-47-50-53-56-59-62-65-71(74)77-68-69(67-76-70(73)64-61-58-55-52-49-46-27-24-21-18-15-12-9-6-3)78-72(75)66-63-60-57-54-51-48-44-26-23-20-17-14-11-8-5-2/h8,11,17,20,22,24-27,29-30,32-33,44,51,54,60,63,69H,4-7,9-10,12-16,18-19,21,23,28,31,34-43,45-50,52-53,55-59,61-62,64-68H2,1-3H3/b11-8-,20-17-,25-22-,27-24-,30-29-,33-32-,44-26-,54-51-,63-60-. The second-order valence-corrected chi connectivity index (χ2v) is 21.7. The van der Waals surface area contributed by atoms with E-state index in [0.717, 1.165) is 96.3 Å². The Morgan fingerprint density at radius 2 is 0.538 bits per heavy atom. The monoisotopic (exact) mass is 1080 g/mol. The Balaban J connectivity index is 4.26. The summed E-state index contributed by atoms with van der Waals surface area (Å²) in [6, 6.07) is 0. The number of hydrogen-bond acceptors (Lipinski definition) is 6. The lowest BCUT2D eigenvalue weighted by atomic mass is 10.0. The van der Waals surface area contributed by atoms with Crippen LogP contribution in [-0.4, -0.2) is 37.2 Å². The molecule has 0 radical (unpaired) electrons. The van der Waals surface area contributed by atoms with E-state index in [1.165, 1.54) is 173 Å². The van der Waals surface area contributed by atoms with Crippen molar-refractivity contribution in [2.24, 2.45) is 0 Å². The van der Waals surface area contributed by atoms with Crippen molar-refractivity contribution in [2.75, 3.05) is 13.2 Å². The number of allylic oxidation sites excluding steroid dienone is 17. The minimum Gasteiger partial charge on any atom is -0.462 e. The first-order valence-electron chi connectivity index (χ1n) is 32.9. The first kappa shape index (κ1) is 74.1. The molecule has 6 nitrogen and oxygen atoms in total. The molecule has 0 N–H and O–H groups in total. The van der Waals surface area contributed by atoms with Gasteiger partial charge in [0.15, 0.2) is 6.10 Å². The van der Waals surface area contributed by atoms with E-state index in [0.29, 0.717) is 12.8 Å². The van der Waals surface area contributed by atoms with Crippen LogP contribution in [0.15, 0.2) is 109 Å². The molecule has 1 unspecified atom stereocenters. The molecule has 0 aliphatic rings. The molecule has 446 valence electrons. The van der Waals surface area contributed by atoms with E-state index < -0.39 is 12.1 Å². The van der Waals surface area contributed by atoms with Crippen LogP contribution in [0.1, 0.15) is 310 Å². The maximum absolute atomic E-state index is 12.8. The number of esters is 3. The van der Waals surface area contributed by atoms with Crippen LogP contribution >= 0.6 is 0 Å². The van der Waals surface area contributed by atoms with Crippen LogP contribution in [0.2, 0.25) is 0 Å². The molecule has 0 bridgehead atoms. The van der Waals surface area contributed by atoms with E-state index in [-0.39, 0.29) is 31.6 Å². The average Bonchev–Trinajstić information content (AvgIpc) is 3.44. The van der Waals surface area contributed by atoms with Gasteiger partial charge in [-0.1, -0.05) is 291 Å². The van der Waals surface area contributed by atoms with Crippen LogP contribution in [0.5, 0.6) is 0 Å². The van der Waals surface area contributed by atoms with E-state index in [2.05, 4.69) is 118 Å². The molecule has 0 aliphatic heterocycles. The van der Waals surface area contributed by atoms with Gasteiger partial charge in [0, 0.05) is 12.8 Å². The Kier molecular flexibility index (Phi) is 62.3. The SMILES string of the molecule is CC/C=C\C/C=C\C/C=C\C/C=C\C/C=C\CC(=O)OC(COC(=O)CCCCCCC/C=C\CCCCCCC)COC(=O)CCCCCCCCCCCCCCCCCC/C=C\C/C=C\C/C=C\CCCCCCC. The Bertz CT molecular complexity index is 1570. The summed E-state index contributed by atoms with van der Waals surface area (Å²) in [6.45, 7) is 6.43. The van der Waals surface area contributed by atoms with Gasteiger partial charge in [-0.05, 0) is 109 Å². The summed E-state index contributed by atoms with van der Waals surface area (Å²) in [5.41, 5.74) is 0. The third kappa shape index (κ3) is 62.9. The summed E-state index contributed by atoms with van der Waals surface area (Å²) < 4.78 is 16.8. The van der Waals surface area contributed by atoms with Crippen LogP contribution in [0.3, 0.4) is 0 Å². The molecule has 0 rings (SSSR count). The molecule has 0 fully saturated rings. The Hall–Kier alpha value is -3.93. The fourth-order valence-corrected chi connectivity index (χ4v) is 9.11. The molecule has 0 saturated heterocycles. The molecule has 6 heteroatoms. The maximum Gasteiger partial charge on any atom is 0.310 e. The highest BCUT2D eigenvalue weighted by Gasteiger charge is 2.19. The summed E-state index contributed by atoms with van der Waals surface area (Å²) in [5, 5.41) is 0. The summed E-state index contributed by atoms with van der Waals surface area (Å²) in [4.78, 5) is 38.2. The number of rotatable bonds is 59. The van der Waals surface area contributed by atoms with Crippen LogP contribution in [0, 0.1) is 0 Å². The fourth-order valence-electron chi connectivity index (χ4n) is 9.11. The van der Waals surface area contributed by atoms with Crippen molar-refractivity contribution < 1.29 is 28.6 Å². The molecule has 0 saturated carbocycles. The van der Waals surface area contributed by atoms with Crippen molar-refractivity contribution in [3.8, 4) is 0 Å². The largest absolute Gasteiger partial charge is 0.462 e. The highest BCUT2D eigenvalue weighted by Crippen LogP contribution is 2.16. The average molecular weight is 1080 g/mol. The number of carbonyl (C=O) groups excluding carboxylic acids is 3. The predicted molar refractivity (Wildman–Crippen MR) is 339 cm³/mol. The first-order valence-corrected chi connectivity index (χ1v) is 32.9. The van der Waals surface area contributed by atoms with E-state index in [1.54, 1.807) is 6.08 Å². The van der Waals surface area contributed by atoms with Crippen molar-refractivity contribution in [1.29, 1.82) is 0 Å². The van der Waals surface area contributed by atoms with Gasteiger partial charge in [-0.25, -0.2) is 0 Å². The lowest BCUT2D eigenvalue weighted by molar-refractivity contribution is -0.166. The van der Waals surface area contributed by atoms with Crippen molar-refractivity contribution in [3.63, 3.8) is 0 Å². The quantitative estimate of drug-likeness (QED) is 0.0261. The van der Waals surface area contributed by atoms with Gasteiger partial charge < -0.3 is 14.2 Å². The van der Waals surface area contributed by atoms with Gasteiger partial charge in [-0.3, -0.25) is 14.4 Å². The molecule has 0 aliphatic carbocycles. The fraction of sp³-hybridized carbons (Fsp3) is 0.708. The van der Waals surface area contributed by atoms with E-state index >= 15 is 0 Å². The highest BCUT2D eigenvalue weighted by molar-refractivity contribution is 5.72. The van der Waals surface area contributed by atoms with Crippen LogP contribution in [0.4, 0.5) is 0 Å². The molecule has 0 aromatic carbocycles. The number of carbonyl (C=O) groups is 3. The molecule has 0 aromatic heterocycles. The van der Waals surface area contributed by atoms with Crippen molar-refractivity contribution >= 4 is 17.9 Å². The highest BCUT2D eigenvalue weighted by atomic mass is 16.6. The minimum atomic E-state index is -0.837. The summed E-state index contributed by atoms with van der Waals surface area (Å²) in [5.74, 6) is -1.05. The lowest BCUT2D eigenvalue weighted by Gasteiger charge is -2.18. The van der Waals surface area contributed by atoms with Gasteiger partial charge in [0.1, 0.15) is 13.2 Å². The minimum absolute atomic E-state index is 0.0941. The normalized spacial score (nSPS) is 12.8. The number of ether oxygens (including phenoxy) is 3. The second kappa shape index (κ2) is 65.6.